The molecular weight excluding hydrogens is 248 g/mol. The molecule has 1 aliphatic heterocycles. The molecule has 1 fully saturated rings. The molecule has 6 heteroatoms. The van der Waals surface area contributed by atoms with E-state index in [1.165, 1.54) is 0 Å². The minimum Gasteiger partial charge on any atom is -0.481 e. The fraction of sp³-hybridized carbons (Fsp3) is 0.846. The minimum absolute atomic E-state index is 0.0252. The second-order valence-corrected chi connectivity index (χ2v) is 5.53. The van der Waals surface area contributed by atoms with Crippen LogP contribution >= 0.6 is 0 Å². The van der Waals surface area contributed by atoms with Crippen LogP contribution in [-0.2, 0) is 9.53 Å². The van der Waals surface area contributed by atoms with Gasteiger partial charge < -0.3 is 20.1 Å². The molecule has 1 saturated heterocycles. The van der Waals surface area contributed by atoms with Crippen molar-refractivity contribution in [2.24, 2.45) is 0 Å². The van der Waals surface area contributed by atoms with Gasteiger partial charge in [-0.3, -0.25) is 4.79 Å². The summed E-state index contributed by atoms with van der Waals surface area (Å²) < 4.78 is 5.29. The first-order valence-corrected chi connectivity index (χ1v) is 6.72. The average Bonchev–Trinajstić information content (AvgIpc) is 2.28. The molecule has 0 aromatic heterocycles. The van der Waals surface area contributed by atoms with Gasteiger partial charge in [-0.15, -0.1) is 0 Å². The Kier molecular flexibility index (Phi) is 5.60. The molecule has 1 rings (SSSR count). The molecule has 110 valence electrons. The Morgan fingerprint density at radius 1 is 1.37 bits per heavy atom. The van der Waals surface area contributed by atoms with Crippen LogP contribution in [0.3, 0.4) is 0 Å². The number of carbonyl (C=O) groups is 2. The zero-order valence-corrected chi connectivity index (χ0v) is 11.9. The van der Waals surface area contributed by atoms with Crippen molar-refractivity contribution in [3.05, 3.63) is 0 Å². The van der Waals surface area contributed by atoms with Crippen LogP contribution < -0.4 is 5.32 Å². The second kappa shape index (κ2) is 6.75. The molecule has 0 aromatic rings. The lowest BCUT2D eigenvalue weighted by Crippen LogP contribution is -2.55. The van der Waals surface area contributed by atoms with Crippen molar-refractivity contribution < 1.29 is 19.4 Å². The predicted octanol–water partition coefficient (Wildman–Crippen LogP) is 1.45. The highest BCUT2D eigenvalue weighted by molar-refractivity contribution is 5.76. The number of nitrogens with one attached hydrogen (secondary N) is 1. The third-order valence-corrected chi connectivity index (χ3v) is 3.46. The third-order valence-electron chi connectivity index (χ3n) is 3.46. The Morgan fingerprint density at radius 3 is 2.42 bits per heavy atom. The Balaban J connectivity index is 2.58. The highest BCUT2D eigenvalue weighted by Gasteiger charge is 2.31. The topological polar surface area (TPSA) is 78.9 Å². The molecule has 0 atom stereocenters. The van der Waals surface area contributed by atoms with Crippen LogP contribution in [0.5, 0.6) is 0 Å². The number of amides is 2. The predicted molar refractivity (Wildman–Crippen MR) is 71.1 cm³/mol. The lowest BCUT2D eigenvalue weighted by molar-refractivity contribution is -0.137. The molecule has 2 N–H and O–H groups in total. The SMILES string of the molecule is CC(C)N(CCC(=O)O)C(=O)NC1(C)CCOCC1. The van der Waals surface area contributed by atoms with Gasteiger partial charge in [0, 0.05) is 31.3 Å². The van der Waals surface area contributed by atoms with Crippen molar-refractivity contribution in [1.82, 2.24) is 10.2 Å². The Morgan fingerprint density at radius 2 is 1.95 bits per heavy atom. The number of nitrogens with zero attached hydrogens (tertiary/aromatic N) is 1. The number of carboxylic acids is 1. The van der Waals surface area contributed by atoms with Gasteiger partial charge in [0.15, 0.2) is 0 Å². The number of hydrogen-bond donors (Lipinski definition) is 2. The summed E-state index contributed by atoms with van der Waals surface area (Å²) in [6.07, 6.45) is 1.53. The maximum Gasteiger partial charge on any atom is 0.318 e. The van der Waals surface area contributed by atoms with Gasteiger partial charge in [-0.05, 0) is 33.6 Å². The molecule has 19 heavy (non-hydrogen) atoms. The molecule has 0 saturated carbocycles. The van der Waals surface area contributed by atoms with Gasteiger partial charge in [0.2, 0.25) is 0 Å². The fourth-order valence-corrected chi connectivity index (χ4v) is 2.09. The van der Waals surface area contributed by atoms with Gasteiger partial charge in [-0.25, -0.2) is 4.79 Å². The molecule has 0 bridgehead atoms. The fourth-order valence-electron chi connectivity index (χ4n) is 2.09. The largest absolute Gasteiger partial charge is 0.481 e. The van der Waals surface area contributed by atoms with Crippen molar-refractivity contribution in [2.45, 2.75) is 51.6 Å². The second-order valence-electron chi connectivity index (χ2n) is 5.53. The number of ether oxygens (including phenoxy) is 1. The van der Waals surface area contributed by atoms with E-state index in [0.717, 1.165) is 12.8 Å². The summed E-state index contributed by atoms with van der Waals surface area (Å²) in [5, 5.41) is 11.7. The Labute approximate surface area is 114 Å². The molecule has 0 spiro atoms. The third kappa shape index (κ3) is 5.06. The van der Waals surface area contributed by atoms with E-state index in [1.807, 2.05) is 20.8 Å². The summed E-state index contributed by atoms with van der Waals surface area (Å²) in [5.74, 6) is -0.893. The first-order valence-electron chi connectivity index (χ1n) is 6.72. The molecule has 0 unspecified atom stereocenters. The molecule has 0 radical (unpaired) electrons. The first kappa shape index (κ1) is 15.8. The first-order chi connectivity index (χ1) is 8.84. The van der Waals surface area contributed by atoms with Crippen LogP contribution in [-0.4, -0.2) is 53.3 Å². The zero-order valence-electron chi connectivity index (χ0n) is 11.9. The van der Waals surface area contributed by atoms with Gasteiger partial charge in [-0.1, -0.05) is 0 Å². The number of carboxylic acid groups (broad SMARTS) is 1. The number of rotatable bonds is 5. The number of urea groups is 1. The van der Waals surface area contributed by atoms with Crippen LogP contribution in [0, 0.1) is 0 Å². The van der Waals surface area contributed by atoms with Crippen molar-refractivity contribution in [3.8, 4) is 0 Å². The summed E-state index contributed by atoms with van der Waals surface area (Å²) in [4.78, 5) is 24.4. The van der Waals surface area contributed by atoms with Gasteiger partial charge in [0.25, 0.3) is 0 Å². The molecule has 2 amide bonds. The van der Waals surface area contributed by atoms with E-state index in [0.29, 0.717) is 13.2 Å². The number of carbonyl (C=O) groups excluding carboxylic acids is 1. The molecule has 1 aliphatic rings. The van der Waals surface area contributed by atoms with Crippen LogP contribution in [0.2, 0.25) is 0 Å². The van der Waals surface area contributed by atoms with Gasteiger partial charge in [0.1, 0.15) is 0 Å². The van der Waals surface area contributed by atoms with E-state index in [4.69, 9.17) is 9.84 Å². The van der Waals surface area contributed by atoms with E-state index < -0.39 is 5.97 Å². The molecular formula is C13H24N2O4. The molecule has 1 heterocycles. The lowest BCUT2D eigenvalue weighted by atomic mass is 9.93. The van der Waals surface area contributed by atoms with Crippen molar-refractivity contribution >= 4 is 12.0 Å². The maximum absolute atomic E-state index is 12.3. The summed E-state index contributed by atoms with van der Waals surface area (Å²) in [6.45, 7) is 7.29. The highest BCUT2D eigenvalue weighted by atomic mass is 16.5. The summed E-state index contributed by atoms with van der Waals surface area (Å²) in [7, 11) is 0. The van der Waals surface area contributed by atoms with Crippen LogP contribution in [0.1, 0.15) is 40.0 Å². The lowest BCUT2D eigenvalue weighted by Gasteiger charge is -2.37. The van der Waals surface area contributed by atoms with Crippen molar-refractivity contribution in [1.29, 1.82) is 0 Å². The van der Waals surface area contributed by atoms with Crippen molar-refractivity contribution in [3.63, 3.8) is 0 Å². The van der Waals surface area contributed by atoms with Crippen LogP contribution in [0.25, 0.3) is 0 Å². The smallest absolute Gasteiger partial charge is 0.318 e. The number of aliphatic carboxylic acids is 1. The van der Waals surface area contributed by atoms with Gasteiger partial charge >= 0.3 is 12.0 Å². The van der Waals surface area contributed by atoms with E-state index in [-0.39, 0.29) is 30.6 Å². The quantitative estimate of drug-likeness (QED) is 0.794. The standard InChI is InChI=1S/C13H24N2O4/c1-10(2)15(7-4-11(16)17)12(18)14-13(3)5-8-19-9-6-13/h10H,4-9H2,1-3H3,(H,14,18)(H,16,17). The van der Waals surface area contributed by atoms with Crippen LogP contribution in [0.15, 0.2) is 0 Å². The van der Waals surface area contributed by atoms with E-state index in [1.54, 1.807) is 4.90 Å². The summed E-state index contributed by atoms with van der Waals surface area (Å²) >= 11 is 0. The maximum atomic E-state index is 12.3. The van der Waals surface area contributed by atoms with E-state index >= 15 is 0 Å². The summed E-state index contributed by atoms with van der Waals surface area (Å²) in [6, 6.07) is -0.219. The average molecular weight is 272 g/mol. The Hall–Kier alpha value is -1.30. The van der Waals surface area contributed by atoms with Gasteiger partial charge in [-0.2, -0.15) is 0 Å². The monoisotopic (exact) mass is 272 g/mol. The van der Waals surface area contributed by atoms with E-state index in [2.05, 4.69) is 5.32 Å². The van der Waals surface area contributed by atoms with Crippen molar-refractivity contribution in [2.75, 3.05) is 19.8 Å². The van der Waals surface area contributed by atoms with Gasteiger partial charge in [0.05, 0.1) is 6.42 Å². The molecule has 0 aliphatic carbocycles. The summed E-state index contributed by atoms with van der Waals surface area (Å²) in [5.41, 5.74) is -0.258. The Bertz CT molecular complexity index is 325. The normalized spacial score (nSPS) is 18.1. The van der Waals surface area contributed by atoms with E-state index in [9.17, 15) is 9.59 Å². The minimum atomic E-state index is -0.893. The highest BCUT2D eigenvalue weighted by Crippen LogP contribution is 2.20. The zero-order chi connectivity index (χ0) is 14.5. The molecule has 0 aromatic carbocycles. The van der Waals surface area contributed by atoms with Crippen LogP contribution in [0.4, 0.5) is 4.79 Å². The number of hydrogen-bond acceptors (Lipinski definition) is 3. The molecule has 6 nitrogen and oxygen atoms in total.